The van der Waals surface area contributed by atoms with Crippen LogP contribution in [0, 0.1) is 0 Å². The third-order valence-electron chi connectivity index (χ3n) is 6.24. The van der Waals surface area contributed by atoms with E-state index < -0.39 is 0 Å². The van der Waals surface area contributed by atoms with Crippen molar-refractivity contribution in [2.24, 2.45) is 0 Å². The van der Waals surface area contributed by atoms with E-state index in [1.807, 2.05) is 12.1 Å². The van der Waals surface area contributed by atoms with Crippen molar-refractivity contribution in [3.05, 3.63) is 103 Å². The second-order valence-corrected chi connectivity index (χ2v) is 8.03. The van der Waals surface area contributed by atoms with Crippen molar-refractivity contribution in [3.63, 3.8) is 0 Å². The van der Waals surface area contributed by atoms with Crippen LogP contribution < -0.4 is 0 Å². The average Bonchev–Trinajstić information content (AvgIpc) is 3.21. The molecule has 0 radical (unpaired) electrons. The second-order valence-electron chi connectivity index (χ2n) is 8.03. The van der Waals surface area contributed by atoms with E-state index in [1.54, 1.807) is 0 Å². The lowest BCUT2D eigenvalue weighted by molar-refractivity contribution is 0.673. The summed E-state index contributed by atoms with van der Waals surface area (Å²) in [5.74, 6) is 0. The zero-order chi connectivity index (χ0) is 20.4. The van der Waals surface area contributed by atoms with Crippen LogP contribution in [0.2, 0.25) is 0 Å². The van der Waals surface area contributed by atoms with Crippen molar-refractivity contribution in [1.82, 2.24) is 4.98 Å². The molecule has 0 N–H and O–H groups in total. The number of benzene rings is 5. The molecule has 0 spiro atoms. The van der Waals surface area contributed by atoms with E-state index in [1.165, 1.54) is 21.5 Å². The lowest BCUT2D eigenvalue weighted by Crippen LogP contribution is -1.84. The van der Waals surface area contributed by atoms with Crippen LogP contribution in [-0.4, -0.2) is 4.98 Å². The van der Waals surface area contributed by atoms with Gasteiger partial charge in [-0.15, -0.1) is 0 Å². The van der Waals surface area contributed by atoms with Gasteiger partial charge in [-0.25, -0.2) is 4.98 Å². The number of aromatic nitrogens is 1. The van der Waals surface area contributed by atoms with Gasteiger partial charge in [0.1, 0.15) is 11.2 Å². The molecule has 0 fully saturated rings. The van der Waals surface area contributed by atoms with Gasteiger partial charge in [0.25, 0.3) is 0 Å². The highest BCUT2D eigenvalue weighted by Crippen LogP contribution is 2.38. The Morgan fingerprint density at radius 3 is 2.26 bits per heavy atom. The lowest BCUT2D eigenvalue weighted by Gasteiger charge is -2.04. The van der Waals surface area contributed by atoms with Gasteiger partial charge in [0, 0.05) is 27.1 Å². The zero-order valence-corrected chi connectivity index (χ0v) is 16.7. The maximum Gasteiger partial charge on any atom is 0.143 e. The van der Waals surface area contributed by atoms with E-state index >= 15 is 0 Å². The van der Waals surface area contributed by atoms with Gasteiger partial charge in [-0.2, -0.15) is 0 Å². The summed E-state index contributed by atoms with van der Waals surface area (Å²) >= 11 is 0. The monoisotopic (exact) mass is 395 g/mol. The molecular weight excluding hydrogens is 378 g/mol. The molecule has 31 heavy (non-hydrogen) atoms. The largest absolute Gasteiger partial charge is 0.455 e. The fourth-order valence-electron chi connectivity index (χ4n) is 4.71. The summed E-state index contributed by atoms with van der Waals surface area (Å²) in [6.45, 7) is 0. The molecule has 7 aromatic rings. The molecule has 144 valence electrons. The van der Waals surface area contributed by atoms with Gasteiger partial charge >= 0.3 is 0 Å². The van der Waals surface area contributed by atoms with Crippen LogP contribution in [0.4, 0.5) is 0 Å². The van der Waals surface area contributed by atoms with E-state index in [-0.39, 0.29) is 0 Å². The first-order valence-electron chi connectivity index (χ1n) is 10.5. The van der Waals surface area contributed by atoms with Crippen LogP contribution in [0.15, 0.2) is 108 Å². The molecule has 5 aromatic carbocycles. The number of fused-ring (bicyclic) bond motifs is 8. The minimum atomic E-state index is 0.892. The Kier molecular flexibility index (Phi) is 3.30. The van der Waals surface area contributed by atoms with Gasteiger partial charge in [0.2, 0.25) is 0 Å². The summed E-state index contributed by atoms with van der Waals surface area (Å²) in [6, 6.07) is 36.0. The van der Waals surface area contributed by atoms with Crippen LogP contribution in [0.1, 0.15) is 0 Å². The molecule has 0 saturated carbocycles. The smallest absolute Gasteiger partial charge is 0.143 e. The summed E-state index contributed by atoms with van der Waals surface area (Å²) in [7, 11) is 0. The summed E-state index contributed by atoms with van der Waals surface area (Å²) in [5, 5.41) is 8.25. The van der Waals surface area contributed by atoms with E-state index in [4.69, 9.17) is 9.40 Å². The predicted octanol–water partition coefficient (Wildman–Crippen LogP) is 8.11. The Hall–Kier alpha value is -4.17. The number of nitrogens with zero attached hydrogens (tertiary/aromatic N) is 1. The van der Waals surface area contributed by atoms with E-state index in [9.17, 15) is 0 Å². The molecule has 2 heterocycles. The fraction of sp³-hybridized carbons (Fsp3) is 0. The molecular formula is C29H17NO. The standard InChI is InChI=1S/C29H17NO/c1-3-7-22-18(5-1)9-10-20-11-15-24-23-14-12-21(17-27(23)31-29(24)28(20)22)26-16-13-19-6-2-4-8-25(19)30-26/h1-17H. The molecule has 0 amide bonds. The van der Waals surface area contributed by atoms with E-state index in [0.29, 0.717) is 0 Å². The van der Waals surface area contributed by atoms with E-state index in [0.717, 1.165) is 44.1 Å². The van der Waals surface area contributed by atoms with Crippen LogP contribution in [0.5, 0.6) is 0 Å². The highest BCUT2D eigenvalue weighted by Gasteiger charge is 2.13. The van der Waals surface area contributed by atoms with Crippen molar-refractivity contribution < 1.29 is 4.42 Å². The molecule has 0 bridgehead atoms. The molecule has 0 unspecified atom stereocenters. The van der Waals surface area contributed by atoms with Gasteiger partial charge in [0.05, 0.1) is 11.2 Å². The SMILES string of the molecule is c1ccc2nc(-c3ccc4c(c3)oc3c4ccc4ccc5ccccc5c43)ccc2c1. The number of pyridine rings is 1. The second kappa shape index (κ2) is 6.16. The maximum absolute atomic E-state index is 6.50. The first kappa shape index (κ1) is 16.6. The highest BCUT2D eigenvalue weighted by molar-refractivity contribution is 6.23. The Bertz CT molecular complexity index is 1790. The van der Waals surface area contributed by atoms with Crippen LogP contribution >= 0.6 is 0 Å². The molecule has 0 saturated heterocycles. The zero-order valence-electron chi connectivity index (χ0n) is 16.7. The van der Waals surface area contributed by atoms with Crippen molar-refractivity contribution in [1.29, 1.82) is 0 Å². The molecule has 0 aliphatic rings. The summed E-state index contributed by atoms with van der Waals surface area (Å²) in [6.07, 6.45) is 0. The Labute approximate surface area is 178 Å². The number of para-hydroxylation sites is 1. The normalized spacial score (nSPS) is 11.9. The summed E-state index contributed by atoms with van der Waals surface area (Å²) < 4.78 is 6.50. The number of furan rings is 1. The van der Waals surface area contributed by atoms with Crippen LogP contribution in [0.3, 0.4) is 0 Å². The highest BCUT2D eigenvalue weighted by atomic mass is 16.3. The molecule has 2 heteroatoms. The molecule has 0 atom stereocenters. The number of hydrogen-bond donors (Lipinski definition) is 0. The van der Waals surface area contributed by atoms with E-state index in [2.05, 4.69) is 91.0 Å². The van der Waals surface area contributed by atoms with Crippen LogP contribution in [0.25, 0.3) is 65.6 Å². The van der Waals surface area contributed by atoms with Crippen molar-refractivity contribution >= 4 is 54.4 Å². The Balaban J connectivity index is 1.51. The van der Waals surface area contributed by atoms with Gasteiger partial charge in [-0.3, -0.25) is 0 Å². The topological polar surface area (TPSA) is 26.0 Å². The van der Waals surface area contributed by atoms with Crippen LogP contribution in [-0.2, 0) is 0 Å². The molecule has 7 rings (SSSR count). The minimum absolute atomic E-state index is 0.892. The van der Waals surface area contributed by atoms with Gasteiger partial charge in [-0.05, 0) is 46.5 Å². The Morgan fingerprint density at radius 1 is 0.548 bits per heavy atom. The predicted molar refractivity (Wildman–Crippen MR) is 129 cm³/mol. The quantitative estimate of drug-likeness (QED) is 0.262. The number of hydrogen-bond acceptors (Lipinski definition) is 2. The van der Waals surface area contributed by atoms with Crippen molar-refractivity contribution in [3.8, 4) is 11.3 Å². The third kappa shape index (κ3) is 2.42. The van der Waals surface area contributed by atoms with Crippen molar-refractivity contribution in [2.45, 2.75) is 0 Å². The average molecular weight is 395 g/mol. The maximum atomic E-state index is 6.50. The molecule has 2 nitrogen and oxygen atoms in total. The molecule has 0 aliphatic carbocycles. The van der Waals surface area contributed by atoms with Gasteiger partial charge in [0.15, 0.2) is 0 Å². The van der Waals surface area contributed by atoms with Crippen molar-refractivity contribution in [2.75, 3.05) is 0 Å². The first-order chi connectivity index (χ1) is 15.3. The van der Waals surface area contributed by atoms with Gasteiger partial charge < -0.3 is 4.42 Å². The fourth-order valence-corrected chi connectivity index (χ4v) is 4.71. The molecule has 2 aromatic heterocycles. The van der Waals surface area contributed by atoms with Gasteiger partial charge in [-0.1, -0.05) is 72.8 Å². The summed E-state index contributed by atoms with van der Waals surface area (Å²) in [4.78, 5) is 4.86. The first-order valence-corrected chi connectivity index (χ1v) is 10.5. The molecule has 0 aliphatic heterocycles. The third-order valence-corrected chi connectivity index (χ3v) is 6.24. The minimum Gasteiger partial charge on any atom is -0.455 e. The number of rotatable bonds is 1. The lowest BCUT2D eigenvalue weighted by atomic mass is 9.99. The summed E-state index contributed by atoms with van der Waals surface area (Å²) in [5.41, 5.74) is 4.86. The Morgan fingerprint density at radius 2 is 1.29 bits per heavy atom.